The average molecular weight is 611 g/mol. The molecule has 3 aromatic heterocycles. The number of hydrogen-bond acceptors (Lipinski definition) is 13. The summed E-state index contributed by atoms with van der Waals surface area (Å²) in [4.78, 5) is 36.5. The number of alkyl halides is 1. The normalized spacial score (nSPS) is 23.9. The number of nitrogens with one attached hydrogen (secondary N) is 1. The first kappa shape index (κ1) is 27.2. The molecular formula is C27H31FN10O2S2. The largest absolute Gasteiger partial charge is 0.461 e. The van der Waals surface area contributed by atoms with Crippen LogP contribution in [0.5, 0.6) is 6.01 Å². The fourth-order valence-electron chi connectivity index (χ4n) is 6.79. The Bertz CT molecular complexity index is 1650. The van der Waals surface area contributed by atoms with Gasteiger partial charge in [0.2, 0.25) is 11.9 Å². The van der Waals surface area contributed by atoms with Gasteiger partial charge in [-0.3, -0.25) is 9.69 Å². The first-order valence-corrected chi connectivity index (χ1v) is 15.7. The molecule has 0 bridgehead atoms. The predicted octanol–water partition coefficient (Wildman–Crippen LogP) is 2.21. The number of halogens is 1. The Hall–Kier alpha value is -3.61. The number of nitriles is 1. The summed E-state index contributed by atoms with van der Waals surface area (Å²) in [7, 11) is 1.78. The maximum absolute atomic E-state index is 14.4. The van der Waals surface area contributed by atoms with Crippen molar-refractivity contribution in [1.82, 2.24) is 24.8 Å². The summed E-state index contributed by atoms with van der Waals surface area (Å²) < 4.78 is 20.3. The molecule has 4 aliphatic heterocycles. The fourth-order valence-corrected chi connectivity index (χ4v) is 9.59. The zero-order chi connectivity index (χ0) is 29.2. The molecule has 0 radical (unpaired) electrons. The van der Waals surface area contributed by atoms with E-state index in [0.29, 0.717) is 54.1 Å². The van der Waals surface area contributed by atoms with Gasteiger partial charge in [0.25, 0.3) is 0 Å². The van der Waals surface area contributed by atoms with E-state index in [1.165, 1.54) is 23.6 Å². The fraction of sp³-hybridized carbons (Fsp3) is 0.519. The molecule has 1 spiro atoms. The van der Waals surface area contributed by atoms with Gasteiger partial charge in [-0.2, -0.15) is 20.2 Å². The number of aromatic nitrogens is 4. The molecule has 0 saturated carbocycles. The second kappa shape index (κ2) is 9.99. The van der Waals surface area contributed by atoms with Gasteiger partial charge in [-0.25, -0.2) is 4.39 Å². The van der Waals surface area contributed by atoms with Gasteiger partial charge >= 0.3 is 6.01 Å². The number of anilines is 4. The predicted molar refractivity (Wildman–Crippen MR) is 161 cm³/mol. The number of fused-ring (bicyclic) bond motifs is 3. The van der Waals surface area contributed by atoms with Crippen molar-refractivity contribution in [3.8, 4) is 12.1 Å². The van der Waals surface area contributed by atoms with Crippen LogP contribution in [0.3, 0.4) is 0 Å². The van der Waals surface area contributed by atoms with Gasteiger partial charge in [0, 0.05) is 61.6 Å². The molecule has 12 nitrogen and oxygen atoms in total. The van der Waals surface area contributed by atoms with Crippen molar-refractivity contribution in [3.63, 3.8) is 0 Å². The standard InChI is InChI=1S/C27H31FN10O2S2/c1-36(10-17-18(39)3-5-32-21(17)30)23-33-24(35-25(34-23)40-14-26-4-2-6-38(26)9-15(28)7-26)37-12-27(13-37)20-16(8-29)22(31)42-19(20)11-41-27/h3,5,15H,2,4,6-7,9-14,31H2,1H3,(H3,30,32,39)/t15-,26+/m1/s1. The van der Waals surface area contributed by atoms with E-state index in [1.54, 1.807) is 11.9 Å². The Balaban J connectivity index is 1.18. The third kappa shape index (κ3) is 4.35. The highest BCUT2D eigenvalue weighted by atomic mass is 32.2. The Morgan fingerprint density at radius 2 is 2.17 bits per heavy atom. The van der Waals surface area contributed by atoms with Gasteiger partial charge in [-0.1, -0.05) is 0 Å². The zero-order valence-corrected chi connectivity index (χ0v) is 24.7. The average Bonchev–Trinajstić information content (AvgIpc) is 3.66. The number of H-pyrrole nitrogens is 1. The summed E-state index contributed by atoms with van der Waals surface area (Å²) in [6.45, 7) is 2.97. The minimum Gasteiger partial charge on any atom is -0.461 e. The van der Waals surface area contributed by atoms with E-state index in [9.17, 15) is 14.4 Å². The first-order valence-electron chi connectivity index (χ1n) is 13.9. The van der Waals surface area contributed by atoms with Gasteiger partial charge in [0.15, 0.2) is 5.43 Å². The summed E-state index contributed by atoms with van der Waals surface area (Å²) in [5, 5.41) is 10.3. The zero-order valence-electron chi connectivity index (χ0n) is 23.1. The van der Waals surface area contributed by atoms with E-state index >= 15 is 0 Å². The van der Waals surface area contributed by atoms with Gasteiger partial charge in [0.05, 0.1) is 28.0 Å². The monoisotopic (exact) mass is 610 g/mol. The number of thiophene rings is 1. The summed E-state index contributed by atoms with van der Waals surface area (Å²) in [5.74, 6) is 1.87. The van der Waals surface area contributed by atoms with Crippen LogP contribution < -0.4 is 31.4 Å². The topological polar surface area (TPSA) is 166 Å². The minimum atomic E-state index is -0.866. The van der Waals surface area contributed by atoms with E-state index in [0.717, 1.165) is 35.6 Å². The lowest BCUT2D eigenvalue weighted by atomic mass is 9.88. The van der Waals surface area contributed by atoms with E-state index in [-0.39, 0.29) is 40.7 Å². The number of aromatic amines is 1. The van der Waals surface area contributed by atoms with Crippen LogP contribution in [0, 0.1) is 11.3 Å². The van der Waals surface area contributed by atoms with E-state index < -0.39 is 6.17 Å². The number of thioether (sulfide) groups is 1. The second-order valence-corrected chi connectivity index (χ2v) is 14.1. The van der Waals surface area contributed by atoms with Crippen LogP contribution in [-0.2, 0) is 17.0 Å². The van der Waals surface area contributed by atoms with Crippen molar-refractivity contribution in [1.29, 1.82) is 5.26 Å². The molecule has 7 rings (SSSR count). The molecule has 3 saturated heterocycles. The molecule has 3 aromatic rings. The van der Waals surface area contributed by atoms with Crippen LogP contribution in [0.15, 0.2) is 17.1 Å². The summed E-state index contributed by atoms with van der Waals surface area (Å²) in [6, 6.07) is 3.88. The Morgan fingerprint density at radius 3 is 2.95 bits per heavy atom. The van der Waals surface area contributed by atoms with Crippen molar-refractivity contribution in [2.75, 3.05) is 61.1 Å². The molecule has 3 fully saturated rings. The molecule has 220 valence electrons. The number of pyridine rings is 1. The molecule has 0 amide bonds. The lowest BCUT2D eigenvalue weighted by Crippen LogP contribution is -2.57. The number of rotatable bonds is 7. The van der Waals surface area contributed by atoms with E-state index in [2.05, 4.69) is 25.9 Å². The number of nitrogen functional groups attached to an aromatic ring is 2. The maximum Gasteiger partial charge on any atom is 0.323 e. The smallest absolute Gasteiger partial charge is 0.323 e. The van der Waals surface area contributed by atoms with Crippen LogP contribution in [0.2, 0.25) is 0 Å². The Kier molecular flexibility index (Phi) is 6.48. The Labute approximate surface area is 249 Å². The van der Waals surface area contributed by atoms with Gasteiger partial charge < -0.3 is 31.0 Å². The highest BCUT2D eigenvalue weighted by molar-refractivity contribution is 8.00. The molecule has 0 unspecified atom stereocenters. The van der Waals surface area contributed by atoms with Crippen molar-refractivity contribution in [2.45, 2.75) is 48.0 Å². The molecule has 5 N–H and O–H groups in total. The van der Waals surface area contributed by atoms with Crippen molar-refractivity contribution < 1.29 is 9.13 Å². The number of hydrogen-bond donors (Lipinski definition) is 3. The minimum absolute atomic E-state index is 0.151. The summed E-state index contributed by atoms with van der Waals surface area (Å²) in [6.07, 6.45) is 2.96. The third-order valence-corrected chi connectivity index (χ3v) is 11.5. The van der Waals surface area contributed by atoms with E-state index in [1.807, 2.05) is 16.7 Å². The lowest BCUT2D eigenvalue weighted by molar-refractivity contribution is 0.107. The van der Waals surface area contributed by atoms with Crippen molar-refractivity contribution >= 4 is 45.8 Å². The molecular weight excluding hydrogens is 579 g/mol. The number of ether oxygens (including phenoxy) is 1. The van der Waals surface area contributed by atoms with Crippen LogP contribution in [0.25, 0.3) is 0 Å². The van der Waals surface area contributed by atoms with Crippen LogP contribution in [0.4, 0.5) is 27.1 Å². The summed E-state index contributed by atoms with van der Waals surface area (Å²) >= 11 is 3.31. The summed E-state index contributed by atoms with van der Waals surface area (Å²) in [5.41, 5.74) is 13.7. The highest BCUT2D eigenvalue weighted by Gasteiger charge is 2.53. The van der Waals surface area contributed by atoms with Crippen molar-refractivity contribution in [3.05, 3.63) is 44.1 Å². The molecule has 0 aliphatic carbocycles. The first-order chi connectivity index (χ1) is 20.2. The van der Waals surface area contributed by atoms with Crippen LogP contribution in [-0.4, -0.2) is 76.4 Å². The third-order valence-electron chi connectivity index (χ3n) is 8.89. The van der Waals surface area contributed by atoms with Crippen LogP contribution in [0.1, 0.15) is 40.8 Å². The number of nitrogens with two attached hydrogens (primary N) is 2. The SMILES string of the molecule is CN(Cc1c(N)[nH]ccc1=O)c1nc(OC[C@@]23CCCN2C[C@H](F)C3)nc(N2CC3(C2)SCc2sc(N)c(C#N)c23)n1. The maximum atomic E-state index is 14.4. The highest BCUT2D eigenvalue weighted by Crippen LogP contribution is 2.57. The molecule has 42 heavy (non-hydrogen) atoms. The Morgan fingerprint density at radius 1 is 1.33 bits per heavy atom. The molecule has 0 aromatic carbocycles. The number of nitrogens with zero attached hydrogens (tertiary/aromatic N) is 7. The molecule has 2 atom stereocenters. The van der Waals surface area contributed by atoms with Crippen LogP contribution >= 0.6 is 23.1 Å². The van der Waals surface area contributed by atoms with Gasteiger partial charge in [0.1, 0.15) is 29.7 Å². The van der Waals surface area contributed by atoms with Crippen molar-refractivity contribution in [2.24, 2.45) is 0 Å². The van der Waals surface area contributed by atoms with Gasteiger partial charge in [-0.15, -0.1) is 23.1 Å². The lowest BCUT2D eigenvalue weighted by Gasteiger charge is -2.47. The quantitative estimate of drug-likeness (QED) is 0.358. The van der Waals surface area contributed by atoms with Gasteiger partial charge in [-0.05, 0) is 19.4 Å². The molecule has 4 aliphatic rings. The van der Waals surface area contributed by atoms with E-state index in [4.69, 9.17) is 21.2 Å². The second-order valence-electron chi connectivity index (χ2n) is 11.6. The molecule has 15 heteroatoms. The molecule has 7 heterocycles.